The Bertz CT molecular complexity index is 733. The van der Waals surface area contributed by atoms with Crippen molar-refractivity contribution in [3.05, 3.63) is 40.3 Å². The van der Waals surface area contributed by atoms with E-state index < -0.39 is 0 Å². The normalized spacial score (nSPS) is 16.0. The lowest BCUT2D eigenvalue weighted by molar-refractivity contribution is 0.0694. The average molecular weight is 287 g/mol. The Kier molecular flexibility index (Phi) is 3.70. The smallest absolute Gasteiger partial charge is 0.274 e. The predicted octanol–water partition coefficient (Wildman–Crippen LogP) is 0.842. The summed E-state index contributed by atoms with van der Waals surface area (Å²) < 4.78 is 6.49. The summed E-state index contributed by atoms with van der Waals surface area (Å²) in [5.41, 5.74) is 0.0902. The minimum absolute atomic E-state index is 0.101. The summed E-state index contributed by atoms with van der Waals surface area (Å²) in [7, 11) is 1.56. The molecule has 21 heavy (non-hydrogen) atoms. The zero-order valence-electron chi connectivity index (χ0n) is 11.8. The van der Waals surface area contributed by atoms with Crippen LogP contribution >= 0.6 is 0 Å². The number of fused-ring (bicyclic) bond motifs is 1. The Morgan fingerprint density at radius 1 is 1.29 bits per heavy atom. The number of aryl methyl sites for hydroxylation is 1. The van der Waals surface area contributed by atoms with E-state index >= 15 is 0 Å². The largest absolute Gasteiger partial charge is 0.381 e. The molecular formula is C15H17N3O3. The van der Waals surface area contributed by atoms with Gasteiger partial charge in [0, 0.05) is 31.7 Å². The van der Waals surface area contributed by atoms with Crippen molar-refractivity contribution in [2.45, 2.75) is 18.9 Å². The first-order chi connectivity index (χ1) is 10.2. The summed E-state index contributed by atoms with van der Waals surface area (Å²) in [6, 6.07) is 7.15. The molecule has 1 aromatic heterocycles. The standard InChI is InChI=1S/C15H17N3O3/c1-18-15(20)12-5-3-2-4-11(12)13(17-18)14(19)16-10-6-8-21-9-7-10/h2-5,10H,6-9H2,1H3,(H,16,19). The molecule has 0 unspecified atom stereocenters. The molecule has 0 atom stereocenters. The monoisotopic (exact) mass is 287 g/mol. The van der Waals surface area contributed by atoms with Crippen LogP contribution in [0.15, 0.2) is 29.1 Å². The van der Waals surface area contributed by atoms with Gasteiger partial charge in [-0.25, -0.2) is 4.68 Å². The van der Waals surface area contributed by atoms with Gasteiger partial charge in [0.05, 0.1) is 5.39 Å². The van der Waals surface area contributed by atoms with Crippen molar-refractivity contribution in [2.24, 2.45) is 7.05 Å². The number of hydrogen-bond donors (Lipinski definition) is 1. The van der Waals surface area contributed by atoms with Crippen LogP contribution < -0.4 is 10.9 Å². The lowest BCUT2D eigenvalue weighted by Gasteiger charge is -2.23. The maximum absolute atomic E-state index is 12.5. The van der Waals surface area contributed by atoms with Gasteiger partial charge >= 0.3 is 0 Å². The molecule has 0 saturated carbocycles. The van der Waals surface area contributed by atoms with E-state index in [-0.39, 0.29) is 17.5 Å². The zero-order chi connectivity index (χ0) is 14.8. The molecular weight excluding hydrogens is 270 g/mol. The van der Waals surface area contributed by atoms with Crippen molar-refractivity contribution < 1.29 is 9.53 Å². The first kappa shape index (κ1) is 13.8. The number of nitrogens with one attached hydrogen (secondary N) is 1. The van der Waals surface area contributed by atoms with Crippen molar-refractivity contribution in [3.8, 4) is 0 Å². The van der Waals surface area contributed by atoms with Crippen LogP contribution in [0.2, 0.25) is 0 Å². The Labute approximate surface area is 121 Å². The van der Waals surface area contributed by atoms with E-state index in [0.717, 1.165) is 12.8 Å². The summed E-state index contributed by atoms with van der Waals surface area (Å²) in [6.07, 6.45) is 1.60. The summed E-state index contributed by atoms with van der Waals surface area (Å²) in [5, 5.41) is 8.20. The molecule has 1 amide bonds. The molecule has 2 aromatic rings. The number of hydrogen-bond acceptors (Lipinski definition) is 4. The second-order valence-electron chi connectivity index (χ2n) is 5.18. The molecule has 6 heteroatoms. The highest BCUT2D eigenvalue weighted by atomic mass is 16.5. The minimum atomic E-state index is -0.242. The lowest BCUT2D eigenvalue weighted by Crippen LogP contribution is -2.40. The van der Waals surface area contributed by atoms with Gasteiger partial charge in [-0.15, -0.1) is 0 Å². The quantitative estimate of drug-likeness (QED) is 0.888. The number of nitrogens with zero attached hydrogens (tertiary/aromatic N) is 2. The maximum atomic E-state index is 12.5. The molecule has 1 aliphatic rings. The van der Waals surface area contributed by atoms with Crippen LogP contribution in [0.4, 0.5) is 0 Å². The van der Waals surface area contributed by atoms with Gasteiger partial charge in [-0.05, 0) is 18.9 Å². The fourth-order valence-corrected chi connectivity index (χ4v) is 2.56. The number of benzene rings is 1. The Morgan fingerprint density at radius 2 is 1.95 bits per heavy atom. The van der Waals surface area contributed by atoms with Crippen LogP contribution in [0.3, 0.4) is 0 Å². The Hall–Kier alpha value is -2.21. The number of ether oxygens (including phenoxy) is 1. The molecule has 2 heterocycles. The number of carbonyl (C=O) groups is 1. The van der Waals surface area contributed by atoms with Crippen LogP contribution in [-0.4, -0.2) is 34.9 Å². The molecule has 0 aliphatic carbocycles. The SMILES string of the molecule is Cn1nc(C(=O)NC2CCOCC2)c2ccccc2c1=O. The molecule has 1 N–H and O–H groups in total. The van der Waals surface area contributed by atoms with Crippen LogP contribution in [0.5, 0.6) is 0 Å². The van der Waals surface area contributed by atoms with Crippen LogP contribution in [0, 0.1) is 0 Å². The highest BCUT2D eigenvalue weighted by Crippen LogP contribution is 2.14. The molecule has 1 aromatic carbocycles. The molecule has 0 bridgehead atoms. The molecule has 1 fully saturated rings. The number of aromatic nitrogens is 2. The second-order valence-corrected chi connectivity index (χ2v) is 5.18. The first-order valence-corrected chi connectivity index (χ1v) is 7.01. The van der Waals surface area contributed by atoms with Crippen molar-refractivity contribution in [1.29, 1.82) is 0 Å². The van der Waals surface area contributed by atoms with E-state index in [2.05, 4.69) is 10.4 Å². The van der Waals surface area contributed by atoms with Gasteiger partial charge in [-0.1, -0.05) is 18.2 Å². The van der Waals surface area contributed by atoms with Gasteiger partial charge < -0.3 is 10.1 Å². The summed E-state index contributed by atoms with van der Waals surface area (Å²) in [4.78, 5) is 24.5. The molecule has 0 spiro atoms. The molecule has 1 saturated heterocycles. The third-order valence-corrected chi connectivity index (χ3v) is 3.73. The van der Waals surface area contributed by atoms with Crippen molar-refractivity contribution >= 4 is 16.7 Å². The van der Waals surface area contributed by atoms with E-state index in [4.69, 9.17) is 4.74 Å². The van der Waals surface area contributed by atoms with E-state index in [1.54, 1.807) is 31.3 Å². The molecule has 3 rings (SSSR count). The van der Waals surface area contributed by atoms with Gasteiger partial charge in [0.15, 0.2) is 5.69 Å². The number of amides is 1. The molecule has 1 aliphatic heterocycles. The Balaban J connectivity index is 1.97. The molecule has 110 valence electrons. The number of carbonyl (C=O) groups excluding carboxylic acids is 1. The third-order valence-electron chi connectivity index (χ3n) is 3.73. The predicted molar refractivity (Wildman–Crippen MR) is 78.3 cm³/mol. The van der Waals surface area contributed by atoms with Gasteiger partial charge in [0.1, 0.15) is 0 Å². The Morgan fingerprint density at radius 3 is 2.67 bits per heavy atom. The minimum Gasteiger partial charge on any atom is -0.381 e. The van der Waals surface area contributed by atoms with Crippen LogP contribution in [-0.2, 0) is 11.8 Å². The highest BCUT2D eigenvalue weighted by Gasteiger charge is 2.20. The van der Waals surface area contributed by atoms with Gasteiger partial charge in [0.25, 0.3) is 11.5 Å². The molecule has 6 nitrogen and oxygen atoms in total. The van der Waals surface area contributed by atoms with Gasteiger partial charge in [0.2, 0.25) is 0 Å². The second kappa shape index (κ2) is 5.65. The number of rotatable bonds is 2. The van der Waals surface area contributed by atoms with E-state index in [1.165, 1.54) is 4.68 Å². The lowest BCUT2D eigenvalue weighted by atomic mass is 10.1. The van der Waals surface area contributed by atoms with Crippen molar-refractivity contribution in [3.63, 3.8) is 0 Å². The topological polar surface area (TPSA) is 73.2 Å². The van der Waals surface area contributed by atoms with E-state index in [1.807, 2.05) is 0 Å². The fraction of sp³-hybridized carbons (Fsp3) is 0.400. The van der Waals surface area contributed by atoms with Gasteiger partial charge in [-0.3, -0.25) is 9.59 Å². The van der Waals surface area contributed by atoms with Crippen molar-refractivity contribution in [2.75, 3.05) is 13.2 Å². The van der Waals surface area contributed by atoms with Crippen LogP contribution in [0.25, 0.3) is 10.8 Å². The van der Waals surface area contributed by atoms with Crippen molar-refractivity contribution in [1.82, 2.24) is 15.1 Å². The summed E-state index contributed by atoms with van der Waals surface area (Å²) >= 11 is 0. The highest BCUT2D eigenvalue weighted by molar-refractivity contribution is 6.04. The van der Waals surface area contributed by atoms with Crippen LogP contribution in [0.1, 0.15) is 23.3 Å². The van der Waals surface area contributed by atoms with Gasteiger partial charge in [-0.2, -0.15) is 5.10 Å². The maximum Gasteiger partial charge on any atom is 0.274 e. The summed E-state index contributed by atoms with van der Waals surface area (Å²) in [6.45, 7) is 1.32. The zero-order valence-corrected chi connectivity index (χ0v) is 11.8. The van der Waals surface area contributed by atoms with E-state index in [0.29, 0.717) is 29.7 Å². The average Bonchev–Trinajstić information content (AvgIpc) is 2.52. The third kappa shape index (κ3) is 2.67. The fourth-order valence-electron chi connectivity index (χ4n) is 2.56. The van der Waals surface area contributed by atoms with E-state index in [9.17, 15) is 9.59 Å². The summed E-state index contributed by atoms with van der Waals surface area (Å²) in [5.74, 6) is -0.242. The molecule has 0 radical (unpaired) electrons. The first-order valence-electron chi connectivity index (χ1n) is 7.01.